The molecule has 1 heterocycles. The number of hydrogen-bond acceptors (Lipinski definition) is 3. The van der Waals surface area contributed by atoms with Gasteiger partial charge in [0.2, 0.25) is 0 Å². The normalized spacial score (nSPS) is 10.5. The van der Waals surface area contributed by atoms with Gasteiger partial charge in [-0.05, 0) is 19.9 Å². The van der Waals surface area contributed by atoms with Crippen LogP contribution in [0.1, 0.15) is 15.4 Å². The Balaban J connectivity index is 2.39. The first-order chi connectivity index (χ1) is 8.06. The molecule has 17 heavy (non-hydrogen) atoms. The van der Waals surface area contributed by atoms with Crippen LogP contribution in [-0.4, -0.2) is 9.97 Å². The largest absolute Gasteiger partial charge is 0.393 e. The van der Waals surface area contributed by atoms with Crippen molar-refractivity contribution in [3.63, 3.8) is 0 Å². The van der Waals surface area contributed by atoms with Gasteiger partial charge < -0.3 is 5.73 Å². The number of rotatable bonds is 3. The number of hydrogen-bond donors (Lipinski definition) is 1. The molecule has 0 bridgehead atoms. The van der Waals surface area contributed by atoms with E-state index in [0.717, 1.165) is 16.3 Å². The van der Waals surface area contributed by atoms with Crippen molar-refractivity contribution in [3.05, 3.63) is 39.7 Å². The highest BCUT2D eigenvalue weighted by Gasteiger charge is 2.10. The minimum absolute atomic E-state index is 0.495. The van der Waals surface area contributed by atoms with Crippen LogP contribution in [-0.2, 0) is 6.42 Å². The summed E-state index contributed by atoms with van der Waals surface area (Å²) in [6.45, 7) is 4.17. The molecule has 2 nitrogen and oxygen atoms in total. The fraction of sp³-hybridized carbons (Fsp3) is 0.231. The second-order valence-electron chi connectivity index (χ2n) is 4.02. The molecule has 0 fully saturated rings. The molecule has 0 saturated heterocycles. The summed E-state index contributed by atoms with van der Waals surface area (Å²) < 4.78 is 0. The number of nitrogens with zero attached hydrogens (tertiary/aromatic N) is 1. The highest BCUT2D eigenvalue weighted by molar-refractivity contribution is 7.80. The first-order valence-electron chi connectivity index (χ1n) is 5.38. The lowest BCUT2D eigenvalue weighted by molar-refractivity contribution is 1.22. The fourth-order valence-corrected chi connectivity index (χ4v) is 2.94. The van der Waals surface area contributed by atoms with Crippen molar-refractivity contribution in [1.82, 2.24) is 4.98 Å². The maximum absolute atomic E-state index is 5.54. The van der Waals surface area contributed by atoms with Crippen molar-refractivity contribution in [3.8, 4) is 11.3 Å². The smallest absolute Gasteiger partial charge is 0.100 e. The fourth-order valence-electron chi connectivity index (χ4n) is 1.74. The van der Waals surface area contributed by atoms with Crippen LogP contribution < -0.4 is 5.73 Å². The van der Waals surface area contributed by atoms with Crippen molar-refractivity contribution in [2.75, 3.05) is 0 Å². The SMILES string of the molecule is Cc1cccc(-c2nc(CC(N)=S)sc2C)c1. The summed E-state index contributed by atoms with van der Waals surface area (Å²) in [4.78, 5) is 6.32. The Labute approximate surface area is 111 Å². The zero-order chi connectivity index (χ0) is 12.4. The van der Waals surface area contributed by atoms with Gasteiger partial charge in [-0.25, -0.2) is 4.98 Å². The van der Waals surface area contributed by atoms with Gasteiger partial charge in [0.15, 0.2) is 0 Å². The topological polar surface area (TPSA) is 38.9 Å². The van der Waals surface area contributed by atoms with Crippen LogP contribution in [0, 0.1) is 13.8 Å². The van der Waals surface area contributed by atoms with Crippen LogP contribution in [0.15, 0.2) is 24.3 Å². The Bertz CT molecular complexity index is 558. The Morgan fingerprint density at radius 1 is 1.41 bits per heavy atom. The van der Waals surface area contributed by atoms with Gasteiger partial charge in [0, 0.05) is 16.9 Å². The summed E-state index contributed by atoms with van der Waals surface area (Å²) in [6.07, 6.45) is 0.590. The molecule has 0 amide bonds. The molecule has 0 unspecified atom stereocenters. The van der Waals surface area contributed by atoms with Gasteiger partial charge in [-0.2, -0.15) is 0 Å². The van der Waals surface area contributed by atoms with Crippen LogP contribution in [0.3, 0.4) is 0 Å². The first kappa shape index (κ1) is 12.2. The molecule has 0 radical (unpaired) electrons. The molecular formula is C13H14N2S2. The summed E-state index contributed by atoms with van der Waals surface area (Å²) in [5.41, 5.74) is 8.99. The summed E-state index contributed by atoms with van der Waals surface area (Å²) in [5.74, 6) is 0. The Morgan fingerprint density at radius 2 is 2.18 bits per heavy atom. The monoisotopic (exact) mass is 262 g/mol. The third-order valence-electron chi connectivity index (χ3n) is 2.46. The molecule has 0 spiro atoms. The van der Waals surface area contributed by atoms with E-state index in [1.54, 1.807) is 11.3 Å². The maximum Gasteiger partial charge on any atom is 0.100 e. The average molecular weight is 262 g/mol. The Kier molecular flexibility index (Phi) is 3.54. The van der Waals surface area contributed by atoms with Gasteiger partial charge >= 0.3 is 0 Å². The zero-order valence-electron chi connectivity index (χ0n) is 9.86. The van der Waals surface area contributed by atoms with Gasteiger partial charge in [0.05, 0.1) is 10.7 Å². The van der Waals surface area contributed by atoms with E-state index in [1.807, 2.05) is 0 Å². The molecule has 4 heteroatoms. The second kappa shape index (κ2) is 4.94. The van der Waals surface area contributed by atoms with E-state index in [9.17, 15) is 0 Å². The third-order valence-corrected chi connectivity index (χ3v) is 3.57. The third kappa shape index (κ3) is 2.90. The summed E-state index contributed by atoms with van der Waals surface area (Å²) in [7, 11) is 0. The zero-order valence-corrected chi connectivity index (χ0v) is 11.5. The van der Waals surface area contributed by atoms with Crippen LogP contribution in [0.4, 0.5) is 0 Å². The summed E-state index contributed by atoms with van der Waals surface area (Å²) in [5, 5.41) is 0.992. The van der Waals surface area contributed by atoms with E-state index < -0.39 is 0 Å². The number of benzene rings is 1. The average Bonchev–Trinajstić information content (AvgIpc) is 2.58. The summed E-state index contributed by atoms with van der Waals surface area (Å²) >= 11 is 6.58. The van der Waals surface area contributed by atoms with E-state index >= 15 is 0 Å². The van der Waals surface area contributed by atoms with Crippen molar-refractivity contribution in [1.29, 1.82) is 0 Å². The minimum atomic E-state index is 0.495. The standard InChI is InChI=1S/C13H14N2S2/c1-8-4-3-5-10(6-8)13-9(2)17-12(15-13)7-11(14)16/h3-6H,7H2,1-2H3,(H2,14,16). The predicted octanol–water partition coefficient (Wildman–Crippen LogP) is 3.26. The lowest BCUT2D eigenvalue weighted by Gasteiger charge is -1.99. The van der Waals surface area contributed by atoms with E-state index in [0.29, 0.717) is 11.4 Å². The number of thiazole rings is 1. The minimum Gasteiger partial charge on any atom is -0.393 e. The van der Waals surface area contributed by atoms with E-state index in [4.69, 9.17) is 18.0 Å². The lowest BCUT2D eigenvalue weighted by Crippen LogP contribution is -2.10. The van der Waals surface area contributed by atoms with Crippen molar-refractivity contribution in [2.24, 2.45) is 5.73 Å². The highest BCUT2D eigenvalue weighted by atomic mass is 32.1. The van der Waals surface area contributed by atoms with Crippen LogP contribution >= 0.6 is 23.6 Å². The molecule has 1 aromatic carbocycles. The predicted molar refractivity (Wildman–Crippen MR) is 77.5 cm³/mol. The molecule has 88 valence electrons. The van der Waals surface area contributed by atoms with Crippen molar-refractivity contribution in [2.45, 2.75) is 20.3 Å². The van der Waals surface area contributed by atoms with Gasteiger partial charge in [-0.15, -0.1) is 11.3 Å². The number of aromatic nitrogens is 1. The van der Waals surface area contributed by atoms with E-state index in [1.165, 1.54) is 10.4 Å². The van der Waals surface area contributed by atoms with Gasteiger partial charge in [0.1, 0.15) is 5.01 Å². The molecule has 0 saturated carbocycles. The molecule has 0 atom stereocenters. The molecule has 0 aliphatic rings. The highest BCUT2D eigenvalue weighted by Crippen LogP contribution is 2.28. The van der Waals surface area contributed by atoms with E-state index in [2.05, 4.69) is 43.1 Å². The Hall–Kier alpha value is -1.26. The Morgan fingerprint density at radius 3 is 2.82 bits per heavy atom. The number of aryl methyl sites for hydroxylation is 2. The number of nitrogens with two attached hydrogens (primary N) is 1. The van der Waals surface area contributed by atoms with Crippen molar-refractivity contribution >= 4 is 28.5 Å². The molecule has 0 aliphatic heterocycles. The van der Waals surface area contributed by atoms with Gasteiger partial charge in [0.25, 0.3) is 0 Å². The molecule has 1 aromatic heterocycles. The molecule has 2 rings (SSSR count). The first-order valence-corrected chi connectivity index (χ1v) is 6.60. The van der Waals surface area contributed by atoms with Crippen LogP contribution in [0.25, 0.3) is 11.3 Å². The lowest BCUT2D eigenvalue weighted by atomic mass is 10.1. The quantitative estimate of drug-likeness (QED) is 0.863. The second-order valence-corrected chi connectivity index (χ2v) is 5.84. The van der Waals surface area contributed by atoms with E-state index in [-0.39, 0.29) is 0 Å². The maximum atomic E-state index is 5.54. The van der Waals surface area contributed by atoms with Gasteiger partial charge in [-0.1, -0.05) is 36.0 Å². The molecule has 0 aliphatic carbocycles. The summed E-state index contributed by atoms with van der Waals surface area (Å²) in [6, 6.07) is 8.37. The molecule has 2 aromatic rings. The van der Waals surface area contributed by atoms with Crippen LogP contribution in [0.2, 0.25) is 0 Å². The molecule has 2 N–H and O–H groups in total. The van der Waals surface area contributed by atoms with Crippen molar-refractivity contribution < 1.29 is 0 Å². The van der Waals surface area contributed by atoms with Crippen LogP contribution in [0.5, 0.6) is 0 Å². The van der Waals surface area contributed by atoms with Gasteiger partial charge in [-0.3, -0.25) is 0 Å². The molecular weight excluding hydrogens is 248 g/mol. The number of thiocarbonyl (C=S) groups is 1.